The van der Waals surface area contributed by atoms with E-state index in [0.29, 0.717) is 27.3 Å². The molecule has 7 nitrogen and oxygen atoms in total. The molecule has 4 rings (SSSR count). The Morgan fingerprint density at radius 2 is 1.97 bits per heavy atom. The normalized spacial score (nSPS) is 14.9. The molecule has 1 fully saturated rings. The monoisotopic (exact) mass is 470 g/mol. The summed E-state index contributed by atoms with van der Waals surface area (Å²) in [4.78, 5) is 25.1. The van der Waals surface area contributed by atoms with Crippen molar-refractivity contribution in [2.24, 2.45) is 0 Å². The fourth-order valence-corrected chi connectivity index (χ4v) is 4.22. The molecule has 0 spiro atoms. The highest BCUT2D eigenvalue weighted by Crippen LogP contribution is 2.34. The molecule has 2 aromatic carbocycles. The first-order valence-electron chi connectivity index (χ1n) is 9.35. The summed E-state index contributed by atoms with van der Waals surface area (Å²) in [7, 11) is 0. The Balaban J connectivity index is 1.44. The number of hydrogen-bond acceptors (Lipinski definition) is 7. The van der Waals surface area contributed by atoms with E-state index in [1.54, 1.807) is 18.2 Å². The zero-order chi connectivity index (χ0) is 22.7. The number of ether oxygens (including phenoxy) is 1. The molecule has 1 saturated heterocycles. The van der Waals surface area contributed by atoms with Gasteiger partial charge in [-0.2, -0.15) is 0 Å². The number of thioether (sulfide) groups is 1. The number of furan rings is 1. The summed E-state index contributed by atoms with van der Waals surface area (Å²) >= 11 is 6.53. The number of nitro benzene ring substituents is 1. The topological polar surface area (TPSA) is 85.8 Å². The van der Waals surface area contributed by atoms with Gasteiger partial charge in [-0.05, 0) is 23.8 Å². The number of amides is 1. The van der Waals surface area contributed by atoms with Crippen LogP contribution in [0, 0.1) is 15.9 Å². The van der Waals surface area contributed by atoms with Gasteiger partial charge >= 0.3 is 5.69 Å². The van der Waals surface area contributed by atoms with Crippen LogP contribution >= 0.6 is 24.0 Å². The molecule has 1 amide bonds. The molecule has 0 radical (unpaired) electrons. The van der Waals surface area contributed by atoms with Crippen molar-refractivity contribution < 1.29 is 23.3 Å². The minimum absolute atomic E-state index is 0.146. The Morgan fingerprint density at radius 3 is 2.72 bits per heavy atom. The standard InChI is InChI=1S/C22H15FN2O5S2/c23-15-6-9-18(25(27)28)19(10-15)29-13-17-8-7-16(30-17)11-20-21(26)24(22(31)32-20)12-14-4-2-1-3-5-14/h1-11H,12-13H2/b20-11+. The van der Waals surface area contributed by atoms with Crippen molar-refractivity contribution >= 4 is 46.0 Å². The van der Waals surface area contributed by atoms with Crippen LogP contribution in [-0.4, -0.2) is 20.1 Å². The molecule has 0 N–H and O–H groups in total. The Bertz CT molecular complexity index is 1230. The van der Waals surface area contributed by atoms with E-state index in [1.165, 1.54) is 16.7 Å². The summed E-state index contributed by atoms with van der Waals surface area (Å²) in [6, 6.07) is 15.8. The molecule has 10 heteroatoms. The summed E-state index contributed by atoms with van der Waals surface area (Å²) in [6.45, 7) is 0.236. The molecule has 1 aromatic heterocycles. The van der Waals surface area contributed by atoms with Crippen LogP contribution < -0.4 is 4.74 Å². The van der Waals surface area contributed by atoms with Crippen molar-refractivity contribution in [3.8, 4) is 5.75 Å². The lowest BCUT2D eigenvalue weighted by Crippen LogP contribution is -2.27. The largest absolute Gasteiger partial charge is 0.479 e. The lowest BCUT2D eigenvalue weighted by Gasteiger charge is -2.14. The van der Waals surface area contributed by atoms with Gasteiger partial charge in [-0.1, -0.05) is 54.3 Å². The molecule has 32 heavy (non-hydrogen) atoms. The van der Waals surface area contributed by atoms with E-state index < -0.39 is 10.7 Å². The predicted molar refractivity (Wildman–Crippen MR) is 121 cm³/mol. The molecular formula is C22H15FN2O5S2. The molecule has 0 unspecified atom stereocenters. The first kappa shape index (κ1) is 21.7. The summed E-state index contributed by atoms with van der Waals surface area (Å²) < 4.78 is 24.9. The van der Waals surface area contributed by atoms with Gasteiger partial charge in [0.05, 0.1) is 16.4 Å². The van der Waals surface area contributed by atoms with Crippen LogP contribution in [0.2, 0.25) is 0 Å². The van der Waals surface area contributed by atoms with E-state index in [0.717, 1.165) is 23.8 Å². The minimum atomic E-state index is -0.653. The second-order valence-electron chi connectivity index (χ2n) is 6.72. The lowest BCUT2D eigenvalue weighted by atomic mass is 10.2. The number of thiocarbonyl (C=S) groups is 1. The van der Waals surface area contributed by atoms with Gasteiger partial charge in [0, 0.05) is 18.2 Å². The maximum absolute atomic E-state index is 13.4. The fourth-order valence-electron chi connectivity index (χ4n) is 2.98. The zero-order valence-corrected chi connectivity index (χ0v) is 18.0. The third-order valence-corrected chi connectivity index (χ3v) is 5.88. The van der Waals surface area contributed by atoms with Gasteiger partial charge in [-0.25, -0.2) is 4.39 Å². The van der Waals surface area contributed by atoms with Gasteiger partial charge in [0.15, 0.2) is 5.75 Å². The highest BCUT2D eigenvalue weighted by molar-refractivity contribution is 8.26. The van der Waals surface area contributed by atoms with Crippen molar-refractivity contribution in [1.82, 2.24) is 4.90 Å². The first-order valence-corrected chi connectivity index (χ1v) is 10.6. The van der Waals surface area contributed by atoms with E-state index in [4.69, 9.17) is 21.4 Å². The van der Waals surface area contributed by atoms with Crippen LogP contribution in [0.15, 0.2) is 70.0 Å². The fraction of sp³-hybridized carbons (Fsp3) is 0.0909. The predicted octanol–water partition coefficient (Wildman–Crippen LogP) is 5.31. The third-order valence-electron chi connectivity index (χ3n) is 4.50. The number of nitro groups is 1. The molecular weight excluding hydrogens is 455 g/mol. The van der Waals surface area contributed by atoms with Gasteiger partial charge in [0.25, 0.3) is 5.91 Å². The third kappa shape index (κ3) is 4.87. The second kappa shape index (κ2) is 9.33. The van der Waals surface area contributed by atoms with Gasteiger partial charge in [0.2, 0.25) is 0 Å². The van der Waals surface area contributed by atoms with Crippen molar-refractivity contribution in [2.45, 2.75) is 13.2 Å². The minimum Gasteiger partial charge on any atom is -0.479 e. The van der Waals surface area contributed by atoms with Gasteiger partial charge < -0.3 is 9.15 Å². The molecule has 0 aliphatic carbocycles. The smallest absolute Gasteiger partial charge is 0.311 e. The first-order chi connectivity index (χ1) is 15.4. The van der Waals surface area contributed by atoms with E-state index in [-0.39, 0.29) is 24.0 Å². The van der Waals surface area contributed by atoms with Crippen LogP contribution in [0.4, 0.5) is 10.1 Å². The number of carbonyl (C=O) groups is 1. The summed E-state index contributed by atoms with van der Waals surface area (Å²) in [5.74, 6) is -0.307. The summed E-state index contributed by atoms with van der Waals surface area (Å²) in [5.41, 5.74) is 0.620. The maximum Gasteiger partial charge on any atom is 0.311 e. The molecule has 0 saturated carbocycles. The van der Waals surface area contributed by atoms with Crippen LogP contribution in [0.1, 0.15) is 17.1 Å². The molecule has 162 valence electrons. The molecule has 1 aliphatic heterocycles. The molecule has 1 aliphatic rings. The highest BCUT2D eigenvalue weighted by Gasteiger charge is 2.32. The molecule has 0 bridgehead atoms. The zero-order valence-electron chi connectivity index (χ0n) is 16.4. The molecule has 3 aromatic rings. The van der Waals surface area contributed by atoms with Crippen molar-refractivity contribution in [1.29, 1.82) is 0 Å². The Kier molecular flexibility index (Phi) is 6.33. The van der Waals surface area contributed by atoms with Crippen LogP contribution in [0.5, 0.6) is 5.75 Å². The average molecular weight is 471 g/mol. The molecule has 0 atom stereocenters. The van der Waals surface area contributed by atoms with Gasteiger partial charge in [0.1, 0.15) is 28.3 Å². The Hall–Kier alpha value is -3.50. The SMILES string of the molecule is O=C1/C(=C\c2ccc(COc3cc(F)ccc3[N+](=O)[O-])o2)SC(=S)N1Cc1ccccc1. The number of nitrogens with zero attached hydrogens (tertiary/aromatic N) is 2. The van der Waals surface area contributed by atoms with E-state index in [9.17, 15) is 19.3 Å². The van der Waals surface area contributed by atoms with E-state index in [2.05, 4.69) is 0 Å². The summed E-state index contributed by atoms with van der Waals surface area (Å²) in [6.07, 6.45) is 1.58. The Morgan fingerprint density at radius 1 is 1.19 bits per heavy atom. The van der Waals surface area contributed by atoms with Crippen LogP contribution in [-0.2, 0) is 17.9 Å². The number of benzene rings is 2. The number of rotatable bonds is 7. The van der Waals surface area contributed by atoms with E-state index in [1.807, 2.05) is 30.3 Å². The summed E-state index contributed by atoms with van der Waals surface area (Å²) in [5, 5.41) is 11.1. The molecule has 2 heterocycles. The van der Waals surface area contributed by atoms with Crippen molar-refractivity contribution in [3.63, 3.8) is 0 Å². The second-order valence-corrected chi connectivity index (χ2v) is 8.39. The Labute approximate surface area is 191 Å². The number of carbonyl (C=O) groups excluding carboxylic acids is 1. The van der Waals surface area contributed by atoms with Crippen molar-refractivity contribution in [2.75, 3.05) is 0 Å². The van der Waals surface area contributed by atoms with Gasteiger partial charge in [-0.15, -0.1) is 0 Å². The van der Waals surface area contributed by atoms with Crippen LogP contribution in [0.25, 0.3) is 6.08 Å². The maximum atomic E-state index is 13.4. The van der Waals surface area contributed by atoms with Crippen molar-refractivity contribution in [3.05, 3.63) is 98.6 Å². The number of halogens is 1. The van der Waals surface area contributed by atoms with E-state index >= 15 is 0 Å². The average Bonchev–Trinajstić information content (AvgIpc) is 3.32. The van der Waals surface area contributed by atoms with Crippen LogP contribution in [0.3, 0.4) is 0 Å². The quantitative estimate of drug-likeness (QED) is 0.200. The highest BCUT2D eigenvalue weighted by atomic mass is 32.2. The lowest BCUT2D eigenvalue weighted by molar-refractivity contribution is -0.386. The number of hydrogen-bond donors (Lipinski definition) is 0. The van der Waals surface area contributed by atoms with Gasteiger partial charge in [-0.3, -0.25) is 19.8 Å².